The Balaban J connectivity index is 1.80. The molecule has 0 spiro atoms. The van der Waals surface area contributed by atoms with E-state index in [2.05, 4.69) is 5.10 Å². The second kappa shape index (κ2) is 6.98. The summed E-state index contributed by atoms with van der Waals surface area (Å²) in [5.74, 6) is -0.611. The van der Waals surface area contributed by atoms with Crippen LogP contribution >= 0.6 is 0 Å². The summed E-state index contributed by atoms with van der Waals surface area (Å²) in [6, 6.07) is 13.6. The fourth-order valence-corrected chi connectivity index (χ4v) is 2.26. The van der Waals surface area contributed by atoms with Gasteiger partial charge in [-0.25, -0.2) is 9.48 Å². The average Bonchev–Trinajstić information content (AvgIpc) is 3.12. The van der Waals surface area contributed by atoms with Crippen molar-refractivity contribution >= 4 is 17.4 Å². The molecule has 8 heteroatoms. The number of hydrogen-bond acceptors (Lipinski definition) is 6. The van der Waals surface area contributed by atoms with Crippen molar-refractivity contribution in [1.82, 2.24) is 9.78 Å². The van der Waals surface area contributed by atoms with Crippen LogP contribution in [0.5, 0.6) is 5.75 Å². The summed E-state index contributed by atoms with van der Waals surface area (Å²) >= 11 is 0. The van der Waals surface area contributed by atoms with Gasteiger partial charge < -0.3 is 4.74 Å². The highest BCUT2D eigenvalue weighted by Gasteiger charge is 2.15. The molecule has 130 valence electrons. The number of carbonyl (C=O) groups is 2. The number of Topliss-reactive ketones (excluding diaryl/α,β-unsaturated/α-hetero) is 1. The van der Waals surface area contributed by atoms with Gasteiger partial charge in [0.25, 0.3) is 5.69 Å². The summed E-state index contributed by atoms with van der Waals surface area (Å²) in [7, 11) is 0. The van der Waals surface area contributed by atoms with E-state index in [0.717, 1.165) is 0 Å². The van der Waals surface area contributed by atoms with Crippen LogP contribution in [0.25, 0.3) is 5.69 Å². The Kier molecular flexibility index (Phi) is 4.57. The van der Waals surface area contributed by atoms with Crippen LogP contribution in [0.2, 0.25) is 0 Å². The van der Waals surface area contributed by atoms with Crippen molar-refractivity contribution < 1.29 is 19.2 Å². The largest absolute Gasteiger partial charge is 0.422 e. The summed E-state index contributed by atoms with van der Waals surface area (Å²) in [6.07, 6.45) is 1.50. The minimum atomic E-state index is -0.699. The summed E-state index contributed by atoms with van der Waals surface area (Å²) in [4.78, 5) is 34.0. The van der Waals surface area contributed by atoms with Crippen LogP contribution in [-0.4, -0.2) is 26.5 Å². The summed E-state index contributed by atoms with van der Waals surface area (Å²) < 4.78 is 6.57. The van der Waals surface area contributed by atoms with E-state index >= 15 is 0 Å². The maximum Gasteiger partial charge on any atom is 0.364 e. The first kappa shape index (κ1) is 17.0. The molecule has 0 saturated heterocycles. The molecule has 0 amide bonds. The topological polar surface area (TPSA) is 104 Å². The average molecular weight is 351 g/mol. The number of nitro benzene ring substituents is 1. The summed E-state index contributed by atoms with van der Waals surface area (Å²) in [6.45, 7) is 1.42. The minimum absolute atomic E-state index is 0.0322. The highest BCUT2D eigenvalue weighted by Crippen LogP contribution is 2.18. The Bertz CT molecular complexity index is 1010. The van der Waals surface area contributed by atoms with E-state index in [9.17, 15) is 19.7 Å². The Morgan fingerprint density at radius 2 is 1.88 bits per heavy atom. The van der Waals surface area contributed by atoms with Crippen molar-refractivity contribution in [3.05, 3.63) is 82.2 Å². The number of hydrogen-bond donors (Lipinski definition) is 0. The molecule has 26 heavy (non-hydrogen) atoms. The molecule has 0 bridgehead atoms. The number of esters is 1. The molecule has 3 aromatic rings. The van der Waals surface area contributed by atoms with Crippen molar-refractivity contribution in [3.8, 4) is 11.4 Å². The van der Waals surface area contributed by atoms with Gasteiger partial charge in [0.05, 0.1) is 10.6 Å². The SMILES string of the molecule is CC(=O)c1cccc(OC(=O)c2ccn(-c3cccc([N+](=O)[O-])c3)n2)c1. The zero-order chi connectivity index (χ0) is 18.7. The van der Waals surface area contributed by atoms with E-state index in [1.807, 2.05) is 0 Å². The van der Waals surface area contributed by atoms with Crippen LogP contribution in [0.3, 0.4) is 0 Å². The molecule has 0 atom stereocenters. The third-order valence-electron chi connectivity index (χ3n) is 3.55. The fraction of sp³-hybridized carbons (Fsp3) is 0.0556. The lowest BCUT2D eigenvalue weighted by atomic mass is 10.1. The van der Waals surface area contributed by atoms with E-state index < -0.39 is 10.9 Å². The Morgan fingerprint density at radius 3 is 2.62 bits per heavy atom. The highest BCUT2D eigenvalue weighted by molar-refractivity contribution is 5.95. The number of benzene rings is 2. The standard InChI is InChI=1S/C18H13N3O5/c1-12(22)13-4-2-7-16(10-13)26-18(23)17-8-9-20(19-17)14-5-3-6-15(11-14)21(24)25/h2-11H,1H3. The number of ether oxygens (including phenoxy) is 1. The Hall–Kier alpha value is -3.81. The van der Waals surface area contributed by atoms with Gasteiger partial charge >= 0.3 is 5.97 Å². The van der Waals surface area contributed by atoms with Gasteiger partial charge in [0.15, 0.2) is 11.5 Å². The highest BCUT2D eigenvalue weighted by atomic mass is 16.6. The molecular formula is C18H13N3O5. The van der Waals surface area contributed by atoms with Crippen LogP contribution in [0.15, 0.2) is 60.8 Å². The maximum atomic E-state index is 12.2. The smallest absolute Gasteiger partial charge is 0.364 e. The Labute approximate surface area is 147 Å². The van der Waals surface area contributed by atoms with Gasteiger partial charge in [-0.05, 0) is 31.2 Å². The molecule has 0 saturated carbocycles. The van der Waals surface area contributed by atoms with Gasteiger partial charge in [-0.2, -0.15) is 5.10 Å². The zero-order valence-electron chi connectivity index (χ0n) is 13.7. The van der Waals surface area contributed by atoms with Crippen molar-refractivity contribution in [2.75, 3.05) is 0 Å². The summed E-state index contributed by atoms with van der Waals surface area (Å²) in [5.41, 5.74) is 0.821. The second-order valence-electron chi connectivity index (χ2n) is 5.40. The maximum absolute atomic E-state index is 12.2. The monoisotopic (exact) mass is 351 g/mol. The molecule has 0 aliphatic heterocycles. The first-order valence-corrected chi connectivity index (χ1v) is 7.58. The third kappa shape index (κ3) is 3.64. The third-order valence-corrected chi connectivity index (χ3v) is 3.55. The number of ketones is 1. The number of carbonyl (C=O) groups excluding carboxylic acids is 2. The predicted molar refractivity (Wildman–Crippen MR) is 91.6 cm³/mol. The Morgan fingerprint density at radius 1 is 1.12 bits per heavy atom. The molecule has 8 nitrogen and oxygen atoms in total. The number of nitrogens with zero attached hydrogens (tertiary/aromatic N) is 3. The van der Waals surface area contributed by atoms with Gasteiger partial charge in [0.2, 0.25) is 0 Å². The van der Waals surface area contributed by atoms with Crippen LogP contribution < -0.4 is 4.74 Å². The normalized spacial score (nSPS) is 10.3. The van der Waals surface area contributed by atoms with E-state index in [1.165, 1.54) is 48.1 Å². The lowest BCUT2D eigenvalue weighted by Crippen LogP contribution is -2.10. The molecule has 0 unspecified atom stereocenters. The van der Waals surface area contributed by atoms with E-state index in [-0.39, 0.29) is 22.9 Å². The molecule has 0 aliphatic rings. The van der Waals surface area contributed by atoms with Gasteiger partial charge in [0.1, 0.15) is 5.75 Å². The van der Waals surface area contributed by atoms with E-state index in [0.29, 0.717) is 11.3 Å². The molecule has 0 radical (unpaired) electrons. The molecule has 0 N–H and O–H groups in total. The number of nitro groups is 1. The van der Waals surface area contributed by atoms with Crippen molar-refractivity contribution in [2.24, 2.45) is 0 Å². The van der Waals surface area contributed by atoms with E-state index in [1.54, 1.807) is 24.3 Å². The molecule has 1 aromatic heterocycles. The second-order valence-corrected chi connectivity index (χ2v) is 5.40. The fourth-order valence-electron chi connectivity index (χ4n) is 2.26. The molecule has 3 rings (SSSR count). The van der Waals surface area contributed by atoms with Gasteiger partial charge in [-0.3, -0.25) is 14.9 Å². The lowest BCUT2D eigenvalue weighted by Gasteiger charge is -2.04. The molecule has 0 aliphatic carbocycles. The molecule has 1 heterocycles. The molecule has 2 aromatic carbocycles. The zero-order valence-corrected chi connectivity index (χ0v) is 13.7. The quantitative estimate of drug-likeness (QED) is 0.230. The predicted octanol–water partition coefficient (Wildman–Crippen LogP) is 3.20. The van der Waals surface area contributed by atoms with Crippen molar-refractivity contribution in [1.29, 1.82) is 0 Å². The van der Waals surface area contributed by atoms with Crippen molar-refractivity contribution in [3.63, 3.8) is 0 Å². The number of aromatic nitrogens is 2. The van der Waals surface area contributed by atoms with Crippen LogP contribution in [0, 0.1) is 10.1 Å². The van der Waals surface area contributed by atoms with Crippen molar-refractivity contribution in [2.45, 2.75) is 6.92 Å². The van der Waals surface area contributed by atoms with Crippen LogP contribution in [-0.2, 0) is 0 Å². The molecular weight excluding hydrogens is 338 g/mol. The summed E-state index contributed by atoms with van der Waals surface area (Å²) in [5, 5.41) is 14.9. The number of non-ortho nitro benzene ring substituents is 1. The van der Waals surface area contributed by atoms with Gasteiger partial charge in [0, 0.05) is 23.9 Å². The van der Waals surface area contributed by atoms with Gasteiger partial charge in [-0.1, -0.05) is 18.2 Å². The first-order chi connectivity index (χ1) is 12.4. The van der Waals surface area contributed by atoms with E-state index in [4.69, 9.17) is 4.74 Å². The van der Waals surface area contributed by atoms with Gasteiger partial charge in [-0.15, -0.1) is 0 Å². The minimum Gasteiger partial charge on any atom is -0.422 e. The first-order valence-electron chi connectivity index (χ1n) is 7.58. The van der Waals surface area contributed by atoms with Crippen LogP contribution in [0.1, 0.15) is 27.8 Å². The number of rotatable bonds is 5. The van der Waals surface area contributed by atoms with Crippen LogP contribution in [0.4, 0.5) is 5.69 Å². The molecule has 0 fully saturated rings. The lowest BCUT2D eigenvalue weighted by molar-refractivity contribution is -0.384.